The first kappa shape index (κ1) is 29.5. The molecule has 6 aromatic rings. The van der Waals surface area contributed by atoms with Crippen LogP contribution in [0.3, 0.4) is 0 Å². The molecule has 7 nitrogen and oxygen atoms in total. The summed E-state index contributed by atoms with van der Waals surface area (Å²) < 4.78 is 9.85. The maximum Gasteiger partial charge on any atom is 0.271 e. The van der Waals surface area contributed by atoms with E-state index in [9.17, 15) is 9.59 Å². The van der Waals surface area contributed by atoms with Crippen LogP contribution in [0, 0.1) is 0 Å². The molecule has 1 aliphatic heterocycles. The van der Waals surface area contributed by atoms with Crippen molar-refractivity contribution in [1.29, 1.82) is 0 Å². The molecule has 0 saturated heterocycles. The van der Waals surface area contributed by atoms with Gasteiger partial charge in [0.2, 0.25) is 0 Å². The molecule has 1 N–H and O–H groups in total. The molecule has 0 fully saturated rings. The van der Waals surface area contributed by atoms with E-state index in [2.05, 4.69) is 28.2 Å². The lowest BCUT2D eigenvalue weighted by Gasteiger charge is -2.25. The Labute approximate surface area is 274 Å². The molecule has 0 spiro atoms. The molecule has 0 unspecified atom stereocenters. The minimum atomic E-state index is -0.705. The van der Waals surface area contributed by atoms with E-state index in [-0.39, 0.29) is 11.5 Å². The van der Waals surface area contributed by atoms with Crippen LogP contribution < -0.4 is 24.9 Å². The van der Waals surface area contributed by atoms with Crippen molar-refractivity contribution in [3.8, 4) is 5.75 Å². The molecule has 0 bridgehead atoms. The van der Waals surface area contributed by atoms with Gasteiger partial charge in [0.1, 0.15) is 5.75 Å². The fourth-order valence-electron chi connectivity index (χ4n) is 5.91. The highest BCUT2D eigenvalue weighted by molar-refractivity contribution is 7.07. The minimum Gasteiger partial charge on any atom is -0.497 e. The van der Waals surface area contributed by atoms with Gasteiger partial charge in [0.15, 0.2) is 4.80 Å². The number of fused-ring (bicyclic) bond motifs is 2. The van der Waals surface area contributed by atoms with Gasteiger partial charge in [0.25, 0.3) is 11.5 Å². The predicted molar refractivity (Wildman–Crippen MR) is 184 cm³/mol. The molecule has 0 saturated carbocycles. The second-order valence-electron chi connectivity index (χ2n) is 11.0. The van der Waals surface area contributed by atoms with Gasteiger partial charge in [-0.1, -0.05) is 83.6 Å². The molecule has 0 radical (unpaired) electrons. The summed E-state index contributed by atoms with van der Waals surface area (Å²) in [5, 5.41) is 4.72. The zero-order valence-corrected chi connectivity index (χ0v) is 26.7. The number of amides is 1. The van der Waals surface area contributed by atoms with E-state index < -0.39 is 6.04 Å². The average Bonchev–Trinajstić information content (AvgIpc) is 3.57. The zero-order valence-electron chi connectivity index (χ0n) is 25.1. The highest BCUT2D eigenvalue weighted by Gasteiger charge is 2.33. The van der Waals surface area contributed by atoms with Gasteiger partial charge in [-0.2, -0.15) is 0 Å². The Hall–Kier alpha value is -5.18. The molecular weight excluding hydrogens is 616 g/mol. The monoisotopic (exact) mass is 644 g/mol. The smallest absolute Gasteiger partial charge is 0.271 e. The molecule has 9 heteroatoms. The third-order valence-electron chi connectivity index (χ3n) is 8.08. The lowest BCUT2D eigenvalue weighted by molar-refractivity contribution is -0.113. The molecule has 3 heterocycles. The Morgan fingerprint density at radius 2 is 1.76 bits per heavy atom. The largest absolute Gasteiger partial charge is 0.497 e. The summed E-state index contributed by atoms with van der Waals surface area (Å²) >= 11 is 7.43. The number of methoxy groups -OCH3 is 1. The zero-order chi connectivity index (χ0) is 31.8. The number of carbonyl (C=O) groups is 1. The van der Waals surface area contributed by atoms with Gasteiger partial charge < -0.3 is 14.6 Å². The number of benzene rings is 4. The van der Waals surface area contributed by atoms with Gasteiger partial charge >= 0.3 is 0 Å². The van der Waals surface area contributed by atoms with Crippen molar-refractivity contribution in [3.05, 3.63) is 162 Å². The van der Waals surface area contributed by atoms with Crippen molar-refractivity contribution in [3.63, 3.8) is 0 Å². The SMILES string of the molecule is COc1cccc([C@H]2C(C(=O)Nc3ccccc3)=C(C)N=c3s/c(=C\c4cn(Cc5ccc(Cl)cc5)c5ccccc45)c(=O)n32)c1. The number of nitrogens with one attached hydrogen (secondary N) is 1. The number of allylic oxidation sites excluding steroid dienone is 1. The second kappa shape index (κ2) is 12.3. The summed E-state index contributed by atoms with van der Waals surface area (Å²) in [5.74, 6) is 0.311. The third-order valence-corrected chi connectivity index (χ3v) is 9.31. The van der Waals surface area contributed by atoms with Crippen molar-refractivity contribution in [2.75, 3.05) is 12.4 Å². The van der Waals surface area contributed by atoms with Gasteiger partial charge in [0.05, 0.1) is 29.0 Å². The maximum absolute atomic E-state index is 14.3. The van der Waals surface area contributed by atoms with Gasteiger partial charge in [0, 0.05) is 39.9 Å². The number of para-hydroxylation sites is 2. The van der Waals surface area contributed by atoms with Crippen molar-refractivity contribution < 1.29 is 9.53 Å². The van der Waals surface area contributed by atoms with E-state index in [1.165, 1.54) is 11.3 Å². The Kier molecular flexibility index (Phi) is 7.90. The number of carbonyl (C=O) groups excluding carboxylic acids is 1. The van der Waals surface area contributed by atoms with Crippen molar-refractivity contribution in [2.45, 2.75) is 19.5 Å². The summed E-state index contributed by atoms with van der Waals surface area (Å²) in [7, 11) is 1.60. The number of hydrogen-bond donors (Lipinski definition) is 1. The quantitative estimate of drug-likeness (QED) is 0.214. The highest BCUT2D eigenvalue weighted by Crippen LogP contribution is 2.32. The summed E-state index contributed by atoms with van der Waals surface area (Å²) in [4.78, 5) is 33.5. The first-order chi connectivity index (χ1) is 22.4. The molecule has 1 aliphatic rings. The van der Waals surface area contributed by atoms with Crippen LogP contribution in [0.4, 0.5) is 5.69 Å². The number of ether oxygens (including phenoxy) is 1. The van der Waals surface area contributed by atoms with Gasteiger partial charge in [-0.25, -0.2) is 4.99 Å². The van der Waals surface area contributed by atoms with Crippen LogP contribution >= 0.6 is 22.9 Å². The van der Waals surface area contributed by atoms with Crippen molar-refractivity contribution in [1.82, 2.24) is 9.13 Å². The fourth-order valence-corrected chi connectivity index (χ4v) is 7.07. The molecule has 7 rings (SSSR count). The third kappa shape index (κ3) is 5.57. The van der Waals surface area contributed by atoms with Crippen LogP contribution in [0.2, 0.25) is 5.02 Å². The Morgan fingerprint density at radius 1 is 1.00 bits per heavy atom. The molecule has 46 heavy (non-hydrogen) atoms. The standard InChI is InChI=1S/C37H29ClN4O3S/c1-23-33(35(43)40-28-10-4-3-5-11-28)34(25-9-8-12-29(19-25)45-2)42-36(44)32(46-37(42)39-23)20-26-22-41(31-14-7-6-13-30(26)31)21-24-15-17-27(38)18-16-24/h3-20,22,34H,21H2,1-2H3,(H,40,43)/b32-20-/t34-/m0/s1. The van der Waals surface area contributed by atoms with Crippen LogP contribution in [-0.4, -0.2) is 22.2 Å². The topological polar surface area (TPSA) is 77.6 Å². The number of nitrogens with zero attached hydrogens (tertiary/aromatic N) is 3. The van der Waals surface area contributed by atoms with Crippen LogP contribution in [0.25, 0.3) is 17.0 Å². The summed E-state index contributed by atoms with van der Waals surface area (Å²) in [6, 6.07) is 32.0. The normalized spacial score (nSPS) is 14.7. The number of thiazole rings is 1. The van der Waals surface area contributed by atoms with E-state index in [1.54, 1.807) is 11.7 Å². The van der Waals surface area contributed by atoms with E-state index in [0.717, 1.165) is 27.6 Å². The van der Waals surface area contributed by atoms with Gasteiger partial charge in [-0.15, -0.1) is 0 Å². The van der Waals surface area contributed by atoms with Gasteiger partial charge in [-0.05, 0) is 66.6 Å². The lowest BCUT2D eigenvalue weighted by atomic mass is 9.95. The maximum atomic E-state index is 14.3. The van der Waals surface area contributed by atoms with E-state index in [0.29, 0.717) is 43.6 Å². The van der Waals surface area contributed by atoms with Crippen LogP contribution in [-0.2, 0) is 11.3 Å². The second-order valence-corrected chi connectivity index (χ2v) is 12.5. The lowest BCUT2D eigenvalue weighted by Crippen LogP contribution is -2.40. The first-order valence-corrected chi connectivity index (χ1v) is 15.9. The first-order valence-electron chi connectivity index (χ1n) is 14.7. The number of halogens is 1. The van der Waals surface area contributed by atoms with Crippen molar-refractivity contribution >= 4 is 51.5 Å². The molecule has 4 aromatic carbocycles. The summed E-state index contributed by atoms with van der Waals surface area (Å²) in [6.07, 6.45) is 4.00. The Bertz CT molecular complexity index is 2320. The van der Waals surface area contributed by atoms with E-state index in [4.69, 9.17) is 21.3 Å². The molecule has 228 valence electrons. The number of anilines is 1. The number of hydrogen-bond acceptors (Lipinski definition) is 5. The molecule has 1 amide bonds. The van der Waals surface area contributed by atoms with Gasteiger partial charge in [-0.3, -0.25) is 14.2 Å². The minimum absolute atomic E-state index is 0.219. The summed E-state index contributed by atoms with van der Waals surface area (Å²) in [6.45, 7) is 2.47. The highest BCUT2D eigenvalue weighted by atomic mass is 35.5. The molecule has 2 aromatic heterocycles. The Balaban J connectivity index is 1.36. The average molecular weight is 645 g/mol. The van der Waals surface area contributed by atoms with Crippen LogP contribution in [0.5, 0.6) is 5.75 Å². The number of rotatable bonds is 7. The van der Waals surface area contributed by atoms with Crippen LogP contribution in [0.1, 0.15) is 29.7 Å². The van der Waals surface area contributed by atoms with Crippen molar-refractivity contribution in [2.24, 2.45) is 4.99 Å². The van der Waals surface area contributed by atoms with Crippen LogP contribution in [0.15, 0.2) is 130 Å². The number of aromatic nitrogens is 2. The van der Waals surface area contributed by atoms with E-state index >= 15 is 0 Å². The fraction of sp³-hybridized carbons (Fsp3) is 0.108. The summed E-state index contributed by atoms with van der Waals surface area (Å²) in [5.41, 5.74) is 5.23. The van der Waals surface area contributed by atoms with E-state index in [1.807, 2.05) is 104 Å². The molecular formula is C37H29ClN4O3S. The predicted octanol–water partition coefficient (Wildman–Crippen LogP) is 6.54. The molecule has 1 atom stereocenters. The molecule has 0 aliphatic carbocycles. The Morgan fingerprint density at radius 3 is 2.54 bits per heavy atom.